The first-order valence-corrected chi connectivity index (χ1v) is 13.9. The molecule has 5 aromatic carbocycles. The largest absolute Gasteiger partial charge is 0.353 e. The minimum atomic E-state index is 0.120. The van der Waals surface area contributed by atoms with E-state index in [1.165, 1.54) is 44.1 Å². The molecule has 3 heterocycles. The Balaban J connectivity index is 1.46. The number of rotatable bonds is 4. The summed E-state index contributed by atoms with van der Waals surface area (Å²) in [6, 6.07) is 34.1. The highest BCUT2D eigenvalue weighted by molar-refractivity contribution is 6.30. The Morgan fingerprint density at radius 2 is 1.43 bits per heavy atom. The first-order valence-electron chi connectivity index (χ1n) is 13.9. The average Bonchev–Trinajstić information content (AvgIpc) is 3.61. The summed E-state index contributed by atoms with van der Waals surface area (Å²) in [5, 5.41) is 4.54. The summed E-state index contributed by atoms with van der Waals surface area (Å²) in [4.78, 5) is 20.2. The van der Waals surface area contributed by atoms with Gasteiger partial charge in [0.25, 0.3) is 5.91 Å². The van der Waals surface area contributed by atoms with Crippen LogP contribution < -0.4 is 0 Å². The number of carbonyl (C=O) groups is 1. The molecule has 1 N–H and O–H groups in total. The SMILES string of the molecule is Cc1cccc(C)c1CN1Cc2c(c3c4ccccc4[nH]c3c3c2c2ccccc2n3Cc2ccccc2)C1=O. The molecular formula is C36H29N3O. The van der Waals surface area contributed by atoms with Gasteiger partial charge in [0, 0.05) is 52.2 Å². The number of nitrogens with zero attached hydrogens (tertiary/aromatic N) is 2. The molecule has 0 saturated heterocycles. The predicted octanol–water partition coefficient (Wildman–Crippen LogP) is 8.25. The van der Waals surface area contributed by atoms with Crippen molar-refractivity contribution >= 4 is 49.5 Å². The Hall–Kier alpha value is -4.83. The number of H-pyrrole nitrogens is 1. The highest BCUT2D eigenvalue weighted by atomic mass is 16.2. The topological polar surface area (TPSA) is 41.0 Å². The summed E-state index contributed by atoms with van der Waals surface area (Å²) in [6.07, 6.45) is 0. The second-order valence-corrected chi connectivity index (χ2v) is 11.1. The van der Waals surface area contributed by atoms with Gasteiger partial charge >= 0.3 is 0 Å². The van der Waals surface area contributed by atoms with Gasteiger partial charge in [-0.05, 0) is 53.8 Å². The number of fused-ring (bicyclic) bond motifs is 10. The molecule has 7 aromatic rings. The molecule has 0 bridgehead atoms. The van der Waals surface area contributed by atoms with Gasteiger partial charge in [-0.1, -0.05) is 84.9 Å². The molecule has 0 spiro atoms. The molecule has 0 radical (unpaired) electrons. The molecule has 0 fully saturated rings. The van der Waals surface area contributed by atoms with Crippen LogP contribution in [0.4, 0.5) is 0 Å². The van der Waals surface area contributed by atoms with Gasteiger partial charge in [-0.3, -0.25) is 4.79 Å². The first-order chi connectivity index (χ1) is 19.6. The molecule has 1 amide bonds. The molecule has 0 atom stereocenters. The Bertz CT molecular complexity index is 2110. The highest BCUT2D eigenvalue weighted by Crippen LogP contribution is 2.45. The fourth-order valence-corrected chi connectivity index (χ4v) is 6.89. The van der Waals surface area contributed by atoms with E-state index in [2.05, 4.69) is 120 Å². The van der Waals surface area contributed by atoms with Crippen LogP contribution in [-0.2, 0) is 19.6 Å². The molecule has 8 rings (SSSR count). The normalized spacial score (nSPS) is 13.3. The first kappa shape index (κ1) is 23.1. The van der Waals surface area contributed by atoms with E-state index in [0.717, 1.165) is 39.5 Å². The summed E-state index contributed by atoms with van der Waals surface area (Å²) in [6.45, 7) is 6.26. The van der Waals surface area contributed by atoms with Crippen LogP contribution in [0.5, 0.6) is 0 Å². The zero-order chi connectivity index (χ0) is 27.0. The zero-order valence-corrected chi connectivity index (χ0v) is 22.7. The van der Waals surface area contributed by atoms with E-state index < -0.39 is 0 Å². The third-order valence-corrected chi connectivity index (χ3v) is 8.79. The van der Waals surface area contributed by atoms with Crippen molar-refractivity contribution in [1.82, 2.24) is 14.5 Å². The van der Waals surface area contributed by atoms with Gasteiger partial charge in [0.15, 0.2) is 0 Å². The fraction of sp³-hybridized carbons (Fsp3) is 0.139. The van der Waals surface area contributed by atoms with E-state index in [4.69, 9.17) is 0 Å². The Morgan fingerprint density at radius 3 is 2.23 bits per heavy atom. The molecule has 4 nitrogen and oxygen atoms in total. The number of para-hydroxylation sites is 2. The second kappa shape index (κ2) is 8.59. The minimum absolute atomic E-state index is 0.120. The van der Waals surface area contributed by atoms with Crippen molar-refractivity contribution in [3.8, 4) is 0 Å². The van der Waals surface area contributed by atoms with Crippen LogP contribution in [0.2, 0.25) is 0 Å². The van der Waals surface area contributed by atoms with Crippen LogP contribution in [0.3, 0.4) is 0 Å². The molecule has 40 heavy (non-hydrogen) atoms. The Labute approximate surface area is 232 Å². The molecule has 4 heteroatoms. The molecule has 0 aliphatic carbocycles. The number of nitrogens with one attached hydrogen (secondary N) is 1. The summed E-state index contributed by atoms with van der Waals surface area (Å²) < 4.78 is 2.44. The molecule has 0 unspecified atom stereocenters. The number of benzene rings is 5. The van der Waals surface area contributed by atoms with Crippen molar-refractivity contribution in [3.05, 3.63) is 130 Å². The van der Waals surface area contributed by atoms with Crippen LogP contribution in [0.25, 0.3) is 43.6 Å². The lowest BCUT2D eigenvalue weighted by Gasteiger charge is -2.19. The summed E-state index contributed by atoms with van der Waals surface area (Å²) >= 11 is 0. The highest BCUT2D eigenvalue weighted by Gasteiger charge is 2.35. The lowest BCUT2D eigenvalue weighted by atomic mass is 9.97. The fourth-order valence-electron chi connectivity index (χ4n) is 6.89. The molecule has 1 aliphatic heterocycles. The minimum Gasteiger partial charge on any atom is -0.353 e. The molecule has 1 aliphatic rings. The Morgan fingerprint density at radius 1 is 0.725 bits per heavy atom. The molecule has 0 saturated carbocycles. The third-order valence-electron chi connectivity index (χ3n) is 8.79. The maximum atomic E-state index is 14.4. The number of aromatic amines is 1. The van der Waals surface area contributed by atoms with Crippen molar-refractivity contribution in [2.24, 2.45) is 0 Å². The van der Waals surface area contributed by atoms with Gasteiger partial charge in [0.1, 0.15) is 0 Å². The van der Waals surface area contributed by atoms with Crippen molar-refractivity contribution in [3.63, 3.8) is 0 Å². The number of aromatic nitrogens is 2. The van der Waals surface area contributed by atoms with Gasteiger partial charge in [0.05, 0.1) is 16.6 Å². The summed E-state index contributed by atoms with van der Waals surface area (Å²) in [5.74, 6) is 0.120. The van der Waals surface area contributed by atoms with Crippen LogP contribution in [0.15, 0.2) is 97.1 Å². The number of carbonyl (C=O) groups excluding carboxylic acids is 1. The van der Waals surface area contributed by atoms with E-state index >= 15 is 0 Å². The quantitative estimate of drug-likeness (QED) is 0.250. The zero-order valence-electron chi connectivity index (χ0n) is 22.7. The van der Waals surface area contributed by atoms with Crippen molar-refractivity contribution in [2.75, 3.05) is 0 Å². The van der Waals surface area contributed by atoms with E-state index in [1.54, 1.807) is 0 Å². The van der Waals surface area contributed by atoms with Gasteiger partial charge in [-0.15, -0.1) is 0 Å². The number of hydrogen-bond acceptors (Lipinski definition) is 1. The van der Waals surface area contributed by atoms with Gasteiger partial charge in [0.2, 0.25) is 0 Å². The second-order valence-electron chi connectivity index (χ2n) is 11.1. The van der Waals surface area contributed by atoms with E-state index in [9.17, 15) is 4.79 Å². The van der Waals surface area contributed by atoms with Crippen LogP contribution >= 0.6 is 0 Å². The van der Waals surface area contributed by atoms with E-state index in [1.807, 2.05) is 4.90 Å². The standard InChI is InChI=1S/C36H29N3O/c1-22-11-10-12-23(2)27(22)20-38-21-28-31-26-16-7-9-18-30(26)39(19-24-13-4-3-5-14-24)35(31)34-32(33(28)36(38)40)25-15-6-8-17-29(25)37-34/h3-18,37H,19-21H2,1-2H3. The molecule has 194 valence electrons. The van der Waals surface area contributed by atoms with Gasteiger partial charge in [-0.25, -0.2) is 0 Å². The van der Waals surface area contributed by atoms with Crippen LogP contribution in [0.1, 0.15) is 38.2 Å². The number of amides is 1. The van der Waals surface area contributed by atoms with E-state index in [-0.39, 0.29) is 5.91 Å². The average molecular weight is 520 g/mol. The van der Waals surface area contributed by atoms with E-state index in [0.29, 0.717) is 13.1 Å². The monoisotopic (exact) mass is 519 g/mol. The number of hydrogen-bond donors (Lipinski definition) is 1. The Kier molecular flexibility index (Phi) is 4.96. The number of aryl methyl sites for hydroxylation is 2. The maximum Gasteiger partial charge on any atom is 0.255 e. The van der Waals surface area contributed by atoms with Crippen molar-refractivity contribution in [2.45, 2.75) is 33.5 Å². The maximum absolute atomic E-state index is 14.4. The van der Waals surface area contributed by atoms with Gasteiger partial charge < -0.3 is 14.5 Å². The lowest BCUT2D eigenvalue weighted by molar-refractivity contribution is 0.0768. The van der Waals surface area contributed by atoms with Crippen LogP contribution in [-0.4, -0.2) is 20.4 Å². The lowest BCUT2D eigenvalue weighted by Crippen LogP contribution is -2.24. The third kappa shape index (κ3) is 3.23. The van der Waals surface area contributed by atoms with Crippen LogP contribution in [0, 0.1) is 13.8 Å². The predicted molar refractivity (Wildman–Crippen MR) is 164 cm³/mol. The smallest absolute Gasteiger partial charge is 0.255 e. The van der Waals surface area contributed by atoms with Crippen molar-refractivity contribution in [1.29, 1.82) is 0 Å². The van der Waals surface area contributed by atoms with Gasteiger partial charge in [-0.2, -0.15) is 0 Å². The summed E-state index contributed by atoms with van der Waals surface area (Å²) in [5.41, 5.74) is 11.4. The molecule has 2 aromatic heterocycles. The van der Waals surface area contributed by atoms with Crippen molar-refractivity contribution < 1.29 is 4.79 Å². The molecular weight excluding hydrogens is 490 g/mol. The summed E-state index contributed by atoms with van der Waals surface area (Å²) in [7, 11) is 0.